The SMILES string of the molecule is Cc1nn(CC(C)C)c(C)c1CCC(=O)N1CCc2sccc2[C@H]1c1ccccc1. The van der Waals surface area contributed by atoms with Crippen molar-refractivity contribution in [1.29, 1.82) is 0 Å². The molecule has 158 valence electrons. The molecule has 1 aliphatic rings. The molecule has 0 N–H and O–H groups in total. The van der Waals surface area contributed by atoms with Gasteiger partial charge in [0.1, 0.15) is 0 Å². The molecular weight excluding hydrogens is 390 g/mol. The summed E-state index contributed by atoms with van der Waals surface area (Å²) in [6, 6.07) is 12.7. The topological polar surface area (TPSA) is 38.1 Å². The molecule has 2 aromatic heterocycles. The van der Waals surface area contributed by atoms with Gasteiger partial charge in [0.2, 0.25) is 5.91 Å². The van der Waals surface area contributed by atoms with Crippen molar-refractivity contribution in [2.45, 2.75) is 59.5 Å². The minimum Gasteiger partial charge on any atom is -0.331 e. The van der Waals surface area contributed by atoms with Gasteiger partial charge in [-0.25, -0.2) is 0 Å². The van der Waals surface area contributed by atoms with E-state index in [1.54, 1.807) is 0 Å². The highest BCUT2D eigenvalue weighted by molar-refractivity contribution is 7.10. The van der Waals surface area contributed by atoms with Gasteiger partial charge >= 0.3 is 0 Å². The van der Waals surface area contributed by atoms with Crippen LogP contribution in [0.25, 0.3) is 0 Å². The van der Waals surface area contributed by atoms with Crippen molar-refractivity contribution in [3.8, 4) is 0 Å². The monoisotopic (exact) mass is 421 g/mol. The Morgan fingerprint density at radius 1 is 1.20 bits per heavy atom. The number of aryl methyl sites for hydroxylation is 1. The second-order valence-corrected chi connectivity index (χ2v) is 9.68. The van der Waals surface area contributed by atoms with Gasteiger partial charge in [0.25, 0.3) is 0 Å². The number of carbonyl (C=O) groups is 1. The zero-order valence-corrected chi connectivity index (χ0v) is 19.2. The molecule has 0 spiro atoms. The van der Waals surface area contributed by atoms with Crippen LogP contribution < -0.4 is 0 Å². The molecule has 0 fully saturated rings. The number of rotatable bonds is 6. The summed E-state index contributed by atoms with van der Waals surface area (Å²) >= 11 is 1.81. The van der Waals surface area contributed by atoms with E-state index in [0.29, 0.717) is 12.3 Å². The van der Waals surface area contributed by atoms with Crippen LogP contribution in [0, 0.1) is 19.8 Å². The summed E-state index contributed by atoms with van der Waals surface area (Å²) in [5, 5.41) is 6.88. The largest absolute Gasteiger partial charge is 0.331 e. The van der Waals surface area contributed by atoms with Crippen molar-refractivity contribution in [2.75, 3.05) is 6.54 Å². The third-order valence-corrected chi connectivity index (χ3v) is 7.06. The van der Waals surface area contributed by atoms with Gasteiger partial charge in [0.15, 0.2) is 0 Å². The van der Waals surface area contributed by atoms with E-state index in [2.05, 4.69) is 73.0 Å². The first-order valence-electron chi connectivity index (χ1n) is 10.9. The zero-order valence-electron chi connectivity index (χ0n) is 18.4. The molecule has 0 radical (unpaired) electrons. The van der Waals surface area contributed by atoms with Crippen LogP contribution in [0.2, 0.25) is 0 Å². The van der Waals surface area contributed by atoms with Crippen molar-refractivity contribution in [3.05, 3.63) is 74.7 Å². The molecule has 30 heavy (non-hydrogen) atoms. The Morgan fingerprint density at radius 3 is 2.70 bits per heavy atom. The summed E-state index contributed by atoms with van der Waals surface area (Å²) in [5.41, 5.74) is 5.98. The molecule has 4 nitrogen and oxygen atoms in total. The molecule has 4 rings (SSSR count). The molecule has 0 bridgehead atoms. The zero-order chi connectivity index (χ0) is 21.3. The summed E-state index contributed by atoms with van der Waals surface area (Å²) in [5.74, 6) is 0.786. The van der Waals surface area contributed by atoms with Gasteiger partial charge in [-0.1, -0.05) is 44.2 Å². The van der Waals surface area contributed by atoms with Crippen molar-refractivity contribution in [1.82, 2.24) is 14.7 Å². The number of aromatic nitrogens is 2. The standard InChI is InChI=1S/C25H31N3OS/c1-17(2)16-28-19(4)21(18(3)26-28)10-11-24(29)27-14-12-23-22(13-15-30-23)25(27)20-8-6-5-7-9-20/h5-9,13,15,17,25H,10-12,14,16H2,1-4H3/t25-/m1/s1. The molecule has 0 aliphatic carbocycles. The molecule has 1 aromatic carbocycles. The summed E-state index contributed by atoms with van der Waals surface area (Å²) in [4.78, 5) is 16.9. The van der Waals surface area contributed by atoms with Gasteiger partial charge in [-0.2, -0.15) is 5.10 Å². The van der Waals surface area contributed by atoms with Crippen LogP contribution in [-0.4, -0.2) is 27.1 Å². The second kappa shape index (κ2) is 8.76. The van der Waals surface area contributed by atoms with Crippen LogP contribution in [0.1, 0.15) is 59.3 Å². The predicted molar refractivity (Wildman–Crippen MR) is 123 cm³/mol. The van der Waals surface area contributed by atoms with Gasteiger partial charge in [-0.15, -0.1) is 11.3 Å². The van der Waals surface area contributed by atoms with Gasteiger partial charge < -0.3 is 4.90 Å². The van der Waals surface area contributed by atoms with Crippen molar-refractivity contribution >= 4 is 17.2 Å². The molecule has 1 amide bonds. The van der Waals surface area contributed by atoms with E-state index in [1.807, 2.05) is 17.4 Å². The third-order valence-electron chi connectivity index (χ3n) is 6.06. The van der Waals surface area contributed by atoms with Gasteiger partial charge in [0, 0.05) is 30.1 Å². The second-order valence-electron chi connectivity index (χ2n) is 8.67. The number of amides is 1. The van der Waals surface area contributed by atoms with E-state index in [0.717, 1.165) is 31.6 Å². The molecule has 0 saturated heterocycles. The highest BCUT2D eigenvalue weighted by Gasteiger charge is 2.32. The molecular formula is C25H31N3OS. The predicted octanol–water partition coefficient (Wildman–Crippen LogP) is 5.32. The minimum absolute atomic E-state index is 0.0274. The number of fused-ring (bicyclic) bond motifs is 1. The molecule has 3 aromatic rings. The molecule has 3 heterocycles. The van der Waals surface area contributed by atoms with E-state index in [-0.39, 0.29) is 11.9 Å². The maximum Gasteiger partial charge on any atom is 0.223 e. The lowest BCUT2D eigenvalue weighted by Crippen LogP contribution is -2.40. The number of hydrogen-bond acceptors (Lipinski definition) is 3. The lowest BCUT2D eigenvalue weighted by atomic mass is 9.92. The van der Waals surface area contributed by atoms with E-state index >= 15 is 0 Å². The Bertz CT molecular complexity index is 1020. The van der Waals surface area contributed by atoms with Crippen LogP contribution in [-0.2, 0) is 24.2 Å². The first-order chi connectivity index (χ1) is 14.5. The van der Waals surface area contributed by atoms with Crippen LogP contribution in [0.15, 0.2) is 41.8 Å². The molecule has 1 atom stereocenters. The highest BCUT2D eigenvalue weighted by atomic mass is 32.1. The highest BCUT2D eigenvalue weighted by Crippen LogP contribution is 2.38. The normalized spacial score (nSPS) is 16.2. The smallest absolute Gasteiger partial charge is 0.223 e. The fourth-order valence-electron chi connectivity index (χ4n) is 4.57. The van der Waals surface area contributed by atoms with Crippen LogP contribution in [0.3, 0.4) is 0 Å². The summed E-state index contributed by atoms with van der Waals surface area (Å²) < 4.78 is 2.10. The van der Waals surface area contributed by atoms with Gasteiger partial charge in [0.05, 0.1) is 11.7 Å². The fourth-order valence-corrected chi connectivity index (χ4v) is 5.48. The van der Waals surface area contributed by atoms with E-state index in [1.165, 1.54) is 27.3 Å². The van der Waals surface area contributed by atoms with Gasteiger partial charge in [-0.05, 0) is 60.7 Å². The first kappa shape index (κ1) is 20.9. The van der Waals surface area contributed by atoms with E-state index in [4.69, 9.17) is 5.10 Å². The summed E-state index contributed by atoms with van der Waals surface area (Å²) in [6.07, 6.45) is 2.23. The number of carbonyl (C=O) groups excluding carboxylic acids is 1. The van der Waals surface area contributed by atoms with E-state index < -0.39 is 0 Å². The Hall–Kier alpha value is -2.40. The third kappa shape index (κ3) is 4.08. The Labute approximate surface area is 183 Å². The van der Waals surface area contributed by atoms with Crippen LogP contribution in [0.4, 0.5) is 0 Å². The molecule has 1 aliphatic heterocycles. The maximum atomic E-state index is 13.4. The van der Waals surface area contributed by atoms with Crippen molar-refractivity contribution in [2.24, 2.45) is 5.92 Å². The summed E-state index contributed by atoms with van der Waals surface area (Å²) in [6.45, 7) is 10.3. The lowest BCUT2D eigenvalue weighted by Gasteiger charge is -2.36. The van der Waals surface area contributed by atoms with E-state index in [9.17, 15) is 4.79 Å². The quantitative estimate of drug-likeness (QED) is 0.540. The Balaban J connectivity index is 1.54. The number of thiophene rings is 1. The minimum atomic E-state index is 0.0274. The summed E-state index contributed by atoms with van der Waals surface area (Å²) in [7, 11) is 0. The maximum absolute atomic E-state index is 13.4. The average molecular weight is 422 g/mol. The number of benzene rings is 1. The van der Waals surface area contributed by atoms with Crippen molar-refractivity contribution < 1.29 is 4.79 Å². The fraction of sp³-hybridized carbons (Fsp3) is 0.440. The Kier molecular flexibility index (Phi) is 6.09. The van der Waals surface area contributed by atoms with Gasteiger partial charge in [-0.3, -0.25) is 9.48 Å². The average Bonchev–Trinajstić information content (AvgIpc) is 3.30. The molecule has 5 heteroatoms. The lowest BCUT2D eigenvalue weighted by molar-refractivity contribution is -0.133. The van der Waals surface area contributed by atoms with Crippen LogP contribution in [0.5, 0.6) is 0 Å². The molecule has 0 unspecified atom stereocenters. The number of nitrogens with zero attached hydrogens (tertiary/aromatic N) is 3. The molecule has 0 saturated carbocycles. The van der Waals surface area contributed by atoms with Crippen LogP contribution >= 0.6 is 11.3 Å². The first-order valence-corrected chi connectivity index (χ1v) is 11.8. The number of hydrogen-bond donors (Lipinski definition) is 0. The Morgan fingerprint density at radius 2 is 1.97 bits per heavy atom. The van der Waals surface area contributed by atoms with Crippen molar-refractivity contribution in [3.63, 3.8) is 0 Å².